The first-order valence-electron chi connectivity index (χ1n) is 19.5. The van der Waals surface area contributed by atoms with Crippen LogP contribution in [0.4, 0.5) is 0 Å². The van der Waals surface area contributed by atoms with Crippen molar-refractivity contribution in [2.24, 2.45) is 23.4 Å². The summed E-state index contributed by atoms with van der Waals surface area (Å²) in [5.74, 6) is -13.0. The van der Waals surface area contributed by atoms with E-state index in [4.69, 9.17) is 40.5 Å². The zero-order valence-electron chi connectivity index (χ0n) is 37.9. The summed E-state index contributed by atoms with van der Waals surface area (Å²) in [6.45, 7) is -9.14. The van der Waals surface area contributed by atoms with Crippen molar-refractivity contribution in [2.75, 3.05) is 27.1 Å². The third kappa shape index (κ3) is 4.75. The van der Waals surface area contributed by atoms with Gasteiger partial charge in [-0.15, -0.1) is 0 Å². The zero-order chi connectivity index (χ0) is 40.5. The molecule has 0 spiro atoms. The molecule has 6 nitrogen and oxygen atoms in total. The van der Waals surface area contributed by atoms with E-state index in [0.29, 0.717) is 6.92 Å². The van der Waals surface area contributed by atoms with E-state index in [1.807, 2.05) is 0 Å². The smallest absolute Gasteiger partial charge is 0.323 e. The van der Waals surface area contributed by atoms with E-state index in [-0.39, 0.29) is 0 Å². The lowest BCUT2D eigenvalue weighted by Crippen LogP contribution is -2.51. The van der Waals surface area contributed by atoms with Crippen molar-refractivity contribution >= 4 is 5.97 Å². The molecule has 6 heteroatoms. The highest BCUT2D eigenvalue weighted by atomic mass is 16.5. The molecule has 0 radical (unpaired) electrons. The lowest BCUT2D eigenvalue weighted by Gasteiger charge is -2.47. The Kier molecular flexibility index (Phi) is 2.54. The lowest BCUT2D eigenvalue weighted by molar-refractivity contribution is -0.160. The van der Waals surface area contributed by atoms with Gasteiger partial charge in [-0.2, -0.15) is 0 Å². The van der Waals surface area contributed by atoms with E-state index in [9.17, 15) is 13.0 Å². The Labute approximate surface area is 210 Å². The van der Waals surface area contributed by atoms with Crippen LogP contribution in [0.2, 0.25) is 0 Å². The Morgan fingerprint density at radius 1 is 1.47 bits per heavy atom. The average Bonchev–Trinajstić information content (AvgIpc) is 2.93. The Morgan fingerprint density at radius 2 is 2.23 bits per heavy atom. The first-order valence-corrected chi connectivity index (χ1v) is 9.03. The lowest BCUT2D eigenvalue weighted by atomic mass is 9.79. The summed E-state index contributed by atoms with van der Waals surface area (Å²) in [6, 6.07) is -7.30. The molecule has 2 N–H and O–H groups in total. The van der Waals surface area contributed by atoms with E-state index in [0.717, 1.165) is 7.11 Å². The highest BCUT2D eigenvalue weighted by Gasteiger charge is 2.41. The minimum Gasteiger partial charge on any atom is -0.493 e. The predicted molar refractivity (Wildman–Crippen MR) is 118 cm³/mol. The standard InChI is InChI=1S/C24H38N2O4/c1-14(2)9-17-13-26-8-7-16-10-21(28-5)22(29-6)11-18(16)19(26)12-20(17)30-24(27)23(25)15(3)4/h10-11,14-15,17,19-20,23H,7-9,12-13,25H2,1-6H3/t17?,19?,20?,23-/m0/s1/i1D3,6D3,7D2,8D2,9D2,10D,11D,12D2,13D2,14D,17D,20D/t14?,17?,19?,20?,23-. The van der Waals surface area contributed by atoms with Crippen molar-refractivity contribution in [1.82, 2.24) is 4.90 Å². The molecule has 30 heavy (non-hydrogen) atoms. The fourth-order valence-electron chi connectivity index (χ4n) is 2.70. The minimum atomic E-state index is -4.57. The van der Waals surface area contributed by atoms with Crippen molar-refractivity contribution in [1.29, 1.82) is 0 Å². The van der Waals surface area contributed by atoms with Crippen LogP contribution >= 0.6 is 0 Å². The maximum atomic E-state index is 13.4. The van der Waals surface area contributed by atoms with Crippen LogP contribution in [0.1, 0.15) is 86.3 Å². The van der Waals surface area contributed by atoms with Gasteiger partial charge in [0.25, 0.3) is 0 Å². The van der Waals surface area contributed by atoms with Gasteiger partial charge in [0.05, 0.1) is 22.4 Å². The molecule has 2 heterocycles. The van der Waals surface area contributed by atoms with Gasteiger partial charge in [-0.05, 0) is 47.8 Å². The molecule has 1 fully saturated rings. The van der Waals surface area contributed by atoms with Crippen molar-refractivity contribution in [2.45, 2.75) is 64.9 Å². The number of methoxy groups -OCH3 is 2. The molecule has 3 rings (SSSR count). The summed E-state index contributed by atoms with van der Waals surface area (Å²) in [7, 11) is -2.57. The largest absolute Gasteiger partial charge is 0.493 e. The van der Waals surface area contributed by atoms with Gasteiger partial charge in [-0.1, -0.05) is 27.6 Å². The minimum absolute atomic E-state index is 0.370. The normalized spacial score (nSPS) is 50.1. The summed E-state index contributed by atoms with van der Waals surface area (Å²) in [4.78, 5) is 13.0. The van der Waals surface area contributed by atoms with Crippen LogP contribution in [-0.2, 0) is 15.9 Å². The molecule has 0 bridgehead atoms. The molecule has 4 unspecified atom stereocenters. The number of rotatable bonds is 7. The predicted octanol–water partition coefficient (Wildman–Crippen LogP) is 3.56. The fourth-order valence-corrected chi connectivity index (χ4v) is 2.70. The number of carbonyl (C=O) groups excluding carboxylic acids is 1. The number of nitrogens with two attached hydrogens (primary N) is 1. The number of nitrogens with zero attached hydrogens (tertiary/aromatic N) is 1. The van der Waals surface area contributed by atoms with Crippen LogP contribution in [0, 0.1) is 17.7 Å². The first-order chi connectivity index (χ1) is 22.3. The van der Waals surface area contributed by atoms with Gasteiger partial charge in [0.1, 0.15) is 12.1 Å². The van der Waals surface area contributed by atoms with Crippen LogP contribution in [0.25, 0.3) is 0 Å². The first kappa shape index (κ1) is 7.96. The maximum absolute atomic E-state index is 13.4. The molecule has 5 atom stereocenters. The molecule has 1 saturated heterocycles. The number of benzene rings is 1. The third-order valence-electron chi connectivity index (χ3n) is 4.33. The summed E-state index contributed by atoms with van der Waals surface area (Å²) < 4.78 is 197. The maximum Gasteiger partial charge on any atom is 0.323 e. The molecule has 168 valence electrons. The Hall–Kier alpha value is -1.79. The molecule has 0 amide bonds. The number of piperidine rings is 1. The van der Waals surface area contributed by atoms with E-state index in [2.05, 4.69) is 0 Å². The molecular weight excluding hydrogens is 380 g/mol. The molecule has 0 saturated carbocycles. The average molecular weight is 440 g/mol. The summed E-state index contributed by atoms with van der Waals surface area (Å²) in [5.41, 5.74) is 3.41. The number of carbonyl (C=O) groups is 1. The Morgan fingerprint density at radius 3 is 2.90 bits per heavy atom. The number of fused-ring (bicyclic) bond motifs is 3. The second-order valence-electron chi connectivity index (χ2n) is 6.91. The van der Waals surface area contributed by atoms with E-state index in [1.165, 1.54) is 13.8 Å². The van der Waals surface area contributed by atoms with Gasteiger partial charge in [-0.3, -0.25) is 9.69 Å². The topological polar surface area (TPSA) is 74.0 Å². The monoisotopic (exact) mass is 439 g/mol. The van der Waals surface area contributed by atoms with E-state index >= 15 is 0 Å². The van der Waals surface area contributed by atoms with Crippen LogP contribution < -0.4 is 15.2 Å². The van der Waals surface area contributed by atoms with Crippen LogP contribution in [0.3, 0.4) is 0 Å². The molecule has 2 aliphatic heterocycles. The van der Waals surface area contributed by atoms with Crippen molar-refractivity contribution in [3.63, 3.8) is 0 Å². The highest BCUT2D eigenvalue weighted by molar-refractivity contribution is 5.76. The molecular formula is C24H38N2O4. The molecule has 0 aliphatic carbocycles. The van der Waals surface area contributed by atoms with E-state index in [1.54, 1.807) is 0 Å². The summed E-state index contributed by atoms with van der Waals surface area (Å²) in [6.07, 6.45) is -16.7. The van der Waals surface area contributed by atoms with Gasteiger partial charge in [0.15, 0.2) is 11.5 Å². The van der Waals surface area contributed by atoms with Crippen molar-refractivity contribution in [3.8, 4) is 11.5 Å². The van der Waals surface area contributed by atoms with Gasteiger partial charge >= 0.3 is 5.97 Å². The second kappa shape index (κ2) is 9.56. The highest BCUT2D eigenvalue weighted by Crippen LogP contribution is 2.44. The Balaban J connectivity index is 2.75. The zero-order valence-corrected chi connectivity index (χ0v) is 16.9. The van der Waals surface area contributed by atoms with Crippen molar-refractivity contribution < 1.29 is 47.8 Å². The van der Waals surface area contributed by atoms with Crippen molar-refractivity contribution in [3.05, 3.63) is 23.2 Å². The van der Waals surface area contributed by atoms with Gasteiger partial charge in [-0.25, -0.2) is 0 Å². The Bertz CT molecular complexity index is 1580. The molecule has 1 aromatic carbocycles. The molecule has 1 aromatic rings. The third-order valence-corrected chi connectivity index (χ3v) is 4.33. The number of esters is 1. The van der Waals surface area contributed by atoms with Crippen LogP contribution in [0.15, 0.2) is 12.1 Å². The van der Waals surface area contributed by atoms with Crippen LogP contribution in [0.5, 0.6) is 11.5 Å². The number of hydrogen-bond acceptors (Lipinski definition) is 6. The van der Waals surface area contributed by atoms with Gasteiger partial charge < -0.3 is 19.9 Å². The number of ether oxygens (including phenoxy) is 3. The summed E-state index contributed by atoms with van der Waals surface area (Å²) >= 11 is 0. The molecule has 0 aromatic heterocycles. The second-order valence-corrected chi connectivity index (χ2v) is 6.91. The van der Waals surface area contributed by atoms with Gasteiger partial charge in [0, 0.05) is 51.9 Å². The van der Waals surface area contributed by atoms with Gasteiger partial charge in [0.2, 0.25) is 0 Å². The van der Waals surface area contributed by atoms with E-state index < -0.39 is 127 Å². The quantitative estimate of drug-likeness (QED) is 0.655. The SMILES string of the molecule is [2H]c1c(OC([2H])([2H])[2H])c(OC)c([2H])c2c1C1N(C([2H])([2H])C2([2H])[2H])C([2H])([2H])C([2H])(C([2H])([2H])C([2H])(C)C([2H])([2H])[2H])C([2H])(OC(=O)[C@@H](N)C(C)C)C1([2H])[2H]. The molecule has 2 aliphatic rings. The van der Waals surface area contributed by atoms with Crippen LogP contribution in [-0.4, -0.2) is 50.1 Å². The number of hydrogen-bond donors (Lipinski definition) is 1. The summed E-state index contributed by atoms with van der Waals surface area (Å²) in [5, 5.41) is 0. The fraction of sp³-hybridized carbons (Fsp3) is 0.708.